The van der Waals surface area contributed by atoms with Crippen LogP contribution in [0.1, 0.15) is 18.5 Å². The number of rotatable bonds is 6. The maximum Gasteiger partial charge on any atom is 0.346 e. The molecule has 28 heavy (non-hydrogen) atoms. The lowest BCUT2D eigenvalue weighted by molar-refractivity contribution is 0.248. The Hall–Kier alpha value is -2.51. The van der Waals surface area contributed by atoms with E-state index in [-0.39, 0.29) is 28.4 Å². The Balaban J connectivity index is 1.78. The van der Waals surface area contributed by atoms with Crippen molar-refractivity contribution < 1.29 is 13.9 Å². The first-order valence-electron chi connectivity index (χ1n) is 8.57. The summed E-state index contributed by atoms with van der Waals surface area (Å²) in [6.07, 6.45) is 0. The van der Waals surface area contributed by atoms with Crippen LogP contribution in [0.5, 0.6) is 5.95 Å². The number of halogens is 2. The normalized spacial score (nSPS) is 11.8. The molecule has 3 aromatic rings. The number of ether oxygens (including phenoxy) is 1. The number of carbonyl (C=O) groups is 1. The van der Waals surface area contributed by atoms with Gasteiger partial charge in [-0.1, -0.05) is 63.9 Å². The summed E-state index contributed by atoms with van der Waals surface area (Å²) in [5, 5.41) is 7.10. The number of nitrogens with one attached hydrogen (secondary N) is 2. The van der Waals surface area contributed by atoms with Crippen molar-refractivity contribution in [2.45, 2.75) is 13.0 Å². The number of hydrogen-bond donors (Lipinski definition) is 2. The van der Waals surface area contributed by atoms with Crippen molar-refractivity contribution in [1.82, 2.24) is 5.32 Å². The van der Waals surface area contributed by atoms with Crippen molar-refractivity contribution in [2.24, 2.45) is 0 Å². The number of hydrogen-bond acceptors (Lipinski definition) is 4. The molecule has 8 heteroatoms. The molecule has 0 aliphatic rings. The Bertz CT molecular complexity index is 1040. The molecule has 0 spiro atoms. The molecule has 0 unspecified atom stereocenters. The van der Waals surface area contributed by atoms with Crippen LogP contribution in [-0.2, 0) is 0 Å². The summed E-state index contributed by atoms with van der Waals surface area (Å²) >= 11 is 9.50. The Kier molecular flexibility index (Phi) is 6.59. The summed E-state index contributed by atoms with van der Waals surface area (Å²) in [6, 6.07) is 13.9. The second-order valence-corrected chi connectivity index (χ2v) is 7.19. The first-order chi connectivity index (χ1) is 13.5. The number of anilines is 1. The van der Waals surface area contributed by atoms with Gasteiger partial charge < -0.3 is 19.8 Å². The van der Waals surface area contributed by atoms with E-state index in [9.17, 15) is 9.59 Å². The largest absolute Gasteiger partial charge is 0.463 e. The van der Waals surface area contributed by atoms with Gasteiger partial charge in [0.1, 0.15) is 11.6 Å². The van der Waals surface area contributed by atoms with Crippen LogP contribution in [-0.4, -0.2) is 18.0 Å². The molecule has 0 aliphatic carbocycles. The smallest absolute Gasteiger partial charge is 0.346 e. The highest BCUT2D eigenvalue weighted by atomic mass is 79.9. The standard InChI is InChI=1S/C20H18BrClN2O4/c1-12(13-5-3-2-4-6-13)23-20(26)24-14-7-8-15-16(11-14)18(25)28-19(17(15)22)27-10-9-21/h2-8,11-12H,9-10H2,1H3,(H2,23,24,26)/t12-/m1/s1. The topological polar surface area (TPSA) is 80.6 Å². The monoisotopic (exact) mass is 464 g/mol. The molecule has 146 valence electrons. The molecule has 2 N–H and O–H groups in total. The number of fused-ring (bicyclic) bond motifs is 1. The number of benzene rings is 2. The number of carbonyl (C=O) groups excluding carboxylic acids is 1. The van der Waals surface area contributed by atoms with Gasteiger partial charge in [-0.15, -0.1) is 0 Å². The molecular weight excluding hydrogens is 448 g/mol. The molecule has 3 rings (SSSR count). The summed E-state index contributed by atoms with van der Waals surface area (Å²) in [7, 11) is 0. The highest BCUT2D eigenvalue weighted by molar-refractivity contribution is 9.09. The lowest BCUT2D eigenvalue weighted by Crippen LogP contribution is -2.31. The van der Waals surface area contributed by atoms with Crippen molar-refractivity contribution in [2.75, 3.05) is 17.3 Å². The SMILES string of the molecule is C[C@@H](NC(=O)Nc1ccc2c(Cl)c(OCCBr)oc(=O)c2c1)c1ccccc1. The van der Waals surface area contributed by atoms with Gasteiger partial charge in [-0.25, -0.2) is 9.59 Å². The minimum absolute atomic E-state index is 0.0197. The third-order valence-corrected chi connectivity index (χ3v) is 4.74. The van der Waals surface area contributed by atoms with Crippen molar-refractivity contribution in [3.05, 3.63) is 69.5 Å². The average molecular weight is 466 g/mol. The molecule has 2 amide bonds. The number of urea groups is 1. The zero-order valence-electron chi connectivity index (χ0n) is 15.0. The number of amides is 2. The summed E-state index contributed by atoms with van der Waals surface area (Å²) < 4.78 is 10.5. The summed E-state index contributed by atoms with van der Waals surface area (Å²) in [4.78, 5) is 24.6. The Morgan fingerprint density at radius 3 is 2.68 bits per heavy atom. The minimum Gasteiger partial charge on any atom is -0.463 e. The first-order valence-corrected chi connectivity index (χ1v) is 10.1. The molecule has 0 saturated heterocycles. The minimum atomic E-state index is -0.592. The zero-order valence-corrected chi connectivity index (χ0v) is 17.3. The first kappa shape index (κ1) is 20.2. The van der Waals surface area contributed by atoms with Crippen molar-refractivity contribution in [3.63, 3.8) is 0 Å². The van der Waals surface area contributed by atoms with E-state index in [0.717, 1.165) is 5.56 Å². The maximum atomic E-state index is 12.3. The van der Waals surface area contributed by atoms with E-state index < -0.39 is 5.63 Å². The fraction of sp³-hybridized carbons (Fsp3) is 0.200. The predicted octanol–water partition coefficient (Wildman–Crippen LogP) is 5.10. The molecule has 0 saturated carbocycles. The fourth-order valence-electron chi connectivity index (χ4n) is 2.69. The van der Waals surface area contributed by atoms with Crippen LogP contribution in [0, 0.1) is 0 Å². The van der Waals surface area contributed by atoms with Gasteiger partial charge >= 0.3 is 17.6 Å². The molecule has 1 heterocycles. The van der Waals surface area contributed by atoms with Gasteiger partial charge in [0.25, 0.3) is 0 Å². The Morgan fingerprint density at radius 2 is 1.96 bits per heavy atom. The molecule has 1 aromatic heterocycles. The van der Waals surface area contributed by atoms with Crippen LogP contribution in [0.25, 0.3) is 10.8 Å². The molecule has 2 aromatic carbocycles. The van der Waals surface area contributed by atoms with Gasteiger partial charge in [0.05, 0.1) is 11.4 Å². The van der Waals surface area contributed by atoms with Crippen molar-refractivity contribution >= 4 is 50.0 Å². The van der Waals surface area contributed by atoms with Gasteiger partial charge in [0.2, 0.25) is 0 Å². The van der Waals surface area contributed by atoms with Crippen molar-refractivity contribution in [3.8, 4) is 5.95 Å². The highest BCUT2D eigenvalue weighted by Gasteiger charge is 2.15. The van der Waals surface area contributed by atoms with Crippen LogP contribution >= 0.6 is 27.5 Å². The van der Waals surface area contributed by atoms with Crippen LogP contribution in [0.3, 0.4) is 0 Å². The van der Waals surface area contributed by atoms with Gasteiger partial charge in [0, 0.05) is 16.4 Å². The summed E-state index contributed by atoms with van der Waals surface area (Å²) in [6.45, 7) is 2.20. The van der Waals surface area contributed by atoms with E-state index in [1.165, 1.54) is 6.07 Å². The van der Waals surface area contributed by atoms with Crippen LogP contribution in [0.2, 0.25) is 5.02 Å². The third-order valence-electron chi connectivity index (χ3n) is 4.06. The van der Waals surface area contributed by atoms with Gasteiger partial charge in [-0.3, -0.25) is 0 Å². The van der Waals surface area contributed by atoms with E-state index in [4.69, 9.17) is 20.8 Å². The maximum absolute atomic E-state index is 12.3. The van der Waals surface area contributed by atoms with E-state index in [1.54, 1.807) is 12.1 Å². The molecule has 0 aliphatic heterocycles. The Labute approximate surface area is 175 Å². The van der Waals surface area contributed by atoms with Crippen LogP contribution in [0.15, 0.2) is 57.7 Å². The lowest BCUT2D eigenvalue weighted by Gasteiger charge is -2.15. The number of alkyl halides is 1. The van der Waals surface area contributed by atoms with Gasteiger partial charge in [-0.2, -0.15) is 0 Å². The second-order valence-electron chi connectivity index (χ2n) is 6.02. The molecule has 0 bridgehead atoms. The zero-order chi connectivity index (χ0) is 20.1. The van der Waals surface area contributed by atoms with Gasteiger partial charge in [0.15, 0.2) is 0 Å². The highest BCUT2D eigenvalue weighted by Crippen LogP contribution is 2.32. The lowest BCUT2D eigenvalue weighted by atomic mass is 10.1. The van der Waals surface area contributed by atoms with Crippen LogP contribution in [0.4, 0.5) is 10.5 Å². The van der Waals surface area contributed by atoms with E-state index in [0.29, 0.717) is 23.0 Å². The predicted molar refractivity (Wildman–Crippen MR) is 114 cm³/mol. The van der Waals surface area contributed by atoms with E-state index in [2.05, 4.69) is 26.6 Å². The fourth-order valence-corrected chi connectivity index (χ4v) is 3.11. The quantitative estimate of drug-likeness (QED) is 0.496. The molecule has 0 fully saturated rings. The summed E-state index contributed by atoms with van der Waals surface area (Å²) in [5.41, 5.74) is 0.841. The van der Waals surface area contributed by atoms with Crippen molar-refractivity contribution in [1.29, 1.82) is 0 Å². The molecule has 1 atom stereocenters. The van der Waals surface area contributed by atoms with E-state index >= 15 is 0 Å². The van der Waals surface area contributed by atoms with E-state index in [1.807, 2.05) is 37.3 Å². The second kappa shape index (κ2) is 9.12. The molecule has 6 nitrogen and oxygen atoms in total. The third kappa shape index (κ3) is 4.66. The average Bonchev–Trinajstić information content (AvgIpc) is 2.70. The molecule has 0 radical (unpaired) electrons. The summed E-state index contributed by atoms with van der Waals surface area (Å²) in [5.74, 6) is -0.0197. The van der Waals surface area contributed by atoms with Gasteiger partial charge in [-0.05, 0) is 24.6 Å². The molecular formula is C20H18BrClN2O4. The Morgan fingerprint density at radius 1 is 1.21 bits per heavy atom. The van der Waals surface area contributed by atoms with Crippen LogP contribution < -0.4 is 21.0 Å².